The maximum Gasteiger partial charge on any atom is 4.00 e. The third kappa shape index (κ3) is 9.26. The predicted octanol–water partition coefficient (Wildman–Crippen LogP) is 6.02. The maximum absolute atomic E-state index is 5.46. The topological polar surface area (TPSA) is 74.9 Å². The van der Waals surface area contributed by atoms with Crippen molar-refractivity contribution in [1.82, 2.24) is 20.3 Å². The van der Waals surface area contributed by atoms with Gasteiger partial charge in [0.2, 0.25) is 0 Å². The van der Waals surface area contributed by atoms with E-state index in [0.29, 0.717) is 6.42 Å². The van der Waals surface area contributed by atoms with E-state index in [1.807, 2.05) is 0 Å². The van der Waals surface area contributed by atoms with E-state index in [0.717, 1.165) is 118 Å². The summed E-state index contributed by atoms with van der Waals surface area (Å²) in [6.45, 7) is 24.4. The van der Waals surface area contributed by atoms with Crippen LogP contribution in [0.2, 0.25) is 0 Å². The molecule has 4 aliphatic heterocycles. The minimum atomic E-state index is -0.331. The first-order valence-electron chi connectivity index (χ1n) is 19.9. The second-order valence-electron chi connectivity index (χ2n) is 14.6. The first-order chi connectivity index (χ1) is 24.3. The van der Waals surface area contributed by atoms with Crippen LogP contribution in [-0.4, -0.2) is 45.3 Å². The molecule has 3 aromatic heterocycles. The number of hydrogen-bond acceptors (Lipinski definition) is 2. The van der Waals surface area contributed by atoms with Gasteiger partial charge in [0.15, 0.2) is 0 Å². The first-order valence-corrected chi connectivity index (χ1v) is 19.9. The smallest absolute Gasteiger partial charge is 0.664 e. The fourth-order valence-corrected chi connectivity index (χ4v) is 8.84. The Bertz CT molecular complexity index is 1320. The molecule has 276 valence electrons. The zero-order chi connectivity index (χ0) is 35.8. The zero-order valence-corrected chi connectivity index (χ0v) is 37.2. The van der Waals surface area contributed by atoms with Crippen LogP contribution in [0.1, 0.15) is 160 Å². The van der Waals surface area contributed by atoms with Crippen LogP contribution in [0.4, 0.5) is 0 Å². The molecule has 6 radical (unpaired) electrons. The Balaban J connectivity index is 0.000000647. The van der Waals surface area contributed by atoms with E-state index >= 15 is 0 Å². The SMILES string of the molecule is C1CCOC1.C1CCOC1.[CH2-]CC1(CC)c2ccc([n-]2)C(CC)(CC)[C]2[CH][CH][C]([N]2)C(CC)(CC)c2ccc([n-]2)C(CC)(CC)c2ccc1[n-]2.[Li+].[Li].[Zr+4]. The summed E-state index contributed by atoms with van der Waals surface area (Å²) in [5.41, 5.74) is 5.62. The number of ether oxygens (including phenoxy) is 2. The molecule has 4 aliphatic rings. The van der Waals surface area contributed by atoms with Crippen molar-refractivity contribution in [2.75, 3.05) is 26.4 Å². The van der Waals surface area contributed by atoms with E-state index in [1.54, 1.807) is 0 Å². The second kappa shape index (κ2) is 22.1. The molecule has 1 unspecified atom stereocenters. The van der Waals surface area contributed by atoms with Gasteiger partial charge in [-0.2, -0.15) is 40.6 Å². The summed E-state index contributed by atoms with van der Waals surface area (Å²) in [5.74, 6) is 0. The van der Waals surface area contributed by atoms with Crippen LogP contribution >= 0.6 is 0 Å². The van der Waals surface area contributed by atoms with Crippen molar-refractivity contribution in [2.24, 2.45) is 0 Å². The molecule has 0 amide bonds. The Morgan fingerprint density at radius 2 is 0.774 bits per heavy atom. The predicted molar refractivity (Wildman–Crippen MR) is 209 cm³/mol. The third-order valence-corrected chi connectivity index (χ3v) is 12.8. The van der Waals surface area contributed by atoms with Gasteiger partial charge in [-0.1, -0.05) is 84.9 Å². The van der Waals surface area contributed by atoms with Gasteiger partial charge >= 0.3 is 45.1 Å². The van der Waals surface area contributed by atoms with E-state index in [4.69, 9.17) is 29.7 Å². The average Bonchev–Trinajstić information content (AvgIpc) is 3.99. The van der Waals surface area contributed by atoms with Crippen molar-refractivity contribution in [3.63, 3.8) is 0 Å². The summed E-state index contributed by atoms with van der Waals surface area (Å²) in [5, 5.41) is 5.46. The molecule has 3 saturated heterocycles. The molecule has 3 fully saturated rings. The van der Waals surface area contributed by atoms with Gasteiger partial charge in [0.25, 0.3) is 0 Å². The number of nitrogens with zero attached hydrogens (tertiary/aromatic N) is 4. The standard InChI is InChI=1S/C36H47N4.2C4H8O.2Li.Zr/c1-9-33(10-2)25-17-19-27(37-25)34(11-3,12-4)29-21-23-31(39-29)36(15-7,16-8)32-24-22-30(40-32)35(13-5,14-6)28-20-18-26(33)38-28;2*1-2-4-5-3-1;;;/h17-24H,1,9-16H2,2-8H3;2*1-4H2;;;/q-4;;;;+1;+4. The quantitative estimate of drug-likeness (QED) is 0.207. The average molecular weight is 785 g/mol. The Hall–Kier alpha value is -0.202. The Kier molecular flexibility index (Phi) is 20.4. The van der Waals surface area contributed by atoms with Crippen LogP contribution in [0.3, 0.4) is 0 Å². The van der Waals surface area contributed by atoms with E-state index in [9.17, 15) is 0 Å². The molecule has 0 aromatic carbocycles. The van der Waals surface area contributed by atoms with Crippen molar-refractivity contribution in [1.29, 1.82) is 0 Å². The fraction of sp³-hybridized carbons (Fsp3) is 0.614. The van der Waals surface area contributed by atoms with Gasteiger partial charge in [0.1, 0.15) is 0 Å². The van der Waals surface area contributed by atoms with Crippen LogP contribution in [0.5, 0.6) is 0 Å². The minimum absolute atomic E-state index is 0. The number of rotatable bonds is 8. The molecule has 7 heterocycles. The summed E-state index contributed by atoms with van der Waals surface area (Å²) in [6, 6.07) is 15.8. The van der Waals surface area contributed by atoms with Crippen LogP contribution in [0, 0.1) is 31.8 Å². The van der Waals surface area contributed by atoms with Gasteiger partial charge in [0.05, 0.1) is 12.1 Å². The maximum atomic E-state index is 5.46. The van der Waals surface area contributed by atoms with E-state index in [1.165, 1.54) is 25.7 Å². The molecule has 0 N–H and O–H groups in total. The van der Waals surface area contributed by atoms with Crippen LogP contribution in [0.15, 0.2) is 36.4 Å². The van der Waals surface area contributed by atoms with Crippen LogP contribution in [-0.2, 0) is 57.3 Å². The van der Waals surface area contributed by atoms with Gasteiger partial charge in [-0.3, -0.25) is 0 Å². The molecular formula is C44H63Li2N4O2Zr+. The molecule has 6 nitrogen and oxygen atoms in total. The molecule has 8 bridgehead atoms. The van der Waals surface area contributed by atoms with Gasteiger partial charge in [-0.25, -0.2) is 5.32 Å². The largest absolute Gasteiger partial charge is 4.00 e. The van der Waals surface area contributed by atoms with Gasteiger partial charge in [-0.15, -0.1) is 0 Å². The summed E-state index contributed by atoms with van der Waals surface area (Å²) < 4.78 is 9.89. The molecule has 0 aliphatic carbocycles. The van der Waals surface area contributed by atoms with Crippen molar-refractivity contribution in [2.45, 2.75) is 147 Å². The summed E-state index contributed by atoms with van der Waals surface area (Å²) >= 11 is 0. The Labute approximate surface area is 366 Å². The van der Waals surface area contributed by atoms with E-state index in [-0.39, 0.29) is 85.6 Å². The van der Waals surface area contributed by atoms with Crippen LogP contribution < -0.4 is 39.1 Å². The van der Waals surface area contributed by atoms with Crippen LogP contribution in [0.25, 0.3) is 0 Å². The van der Waals surface area contributed by atoms with Gasteiger partial charge < -0.3 is 31.3 Å². The van der Waals surface area contributed by atoms with Crippen molar-refractivity contribution >= 4 is 18.9 Å². The molecule has 0 spiro atoms. The summed E-state index contributed by atoms with van der Waals surface area (Å²) in [6.07, 6.45) is 16.9. The first kappa shape index (κ1) is 48.9. The Morgan fingerprint density at radius 1 is 0.509 bits per heavy atom. The number of hydrogen-bond donors (Lipinski definition) is 0. The summed E-state index contributed by atoms with van der Waals surface area (Å²) in [7, 11) is 0. The number of fused-ring (bicyclic) bond motifs is 8. The monoisotopic (exact) mass is 783 g/mol. The second-order valence-corrected chi connectivity index (χ2v) is 14.6. The van der Waals surface area contributed by atoms with Gasteiger partial charge in [0, 0.05) is 45.3 Å². The van der Waals surface area contributed by atoms with Gasteiger partial charge in [-0.05, 0) is 105 Å². The zero-order valence-electron chi connectivity index (χ0n) is 34.7. The normalized spacial score (nSPS) is 22.6. The molecule has 9 heteroatoms. The van der Waals surface area contributed by atoms with E-state index < -0.39 is 0 Å². The molecule has 53 heavy (non-hydrogen) atoms. The minimum Gasteiger partial charge on any atom is -0.664 e. The number of aromatic nitrogens is 3. The molecular weight excluding hydrogens is 722 g/mol. The molecule has 7 rings (SSSR count). The van der Waals surface area contributed by atoms with E-state index in [2.05, 4.69) is 105 Å². The molecule has 1 atom stereocenters. The molecule has 3 aromatic rings. The third-order valence-electron chi connectivity index (χ3n) is 12.8. The fourth-order valence-electron chi connectivity index (χ4n) is 8.84. The van der Waals surface area contributed by atoms with Crippen molar-refractivity contribution < 1.29 is 54.5 Å². The van der Waals surface area contributed by atoms with Crippen molar-refractivity contribution in [3.8, 4) is 0 Å². The Morgan fingerprint density at radius 3 is 1.00 bits per heavy atom. The molecule has 0 saturated carbocycles. The summed E-state index contributed by atoms with van der Waals surface area (Å²) in [4.78, 5) is 16.3. The van der Waals surface area contributed by atoms with Crippen molar-refractivity contribution in [3.05, 3.63) is 102 Å².